The van der Waals surface area contributed by atoms with Crippen LogP contribution in [0.1, 0.15) is 5.56 Å². The van der Waals surface area contributed by atoms with Gasteiger partial charge < -0.3 is 5.11 Å². The maximum atomic E-state index is 10.5. The molecule has 0 amide bonds. The fourth-order valence-corrected chi connectivity index (χ4v) is 3.57. The monoisotopic (exact) mass is 329 g/mol. The number of thiazole rings is 1. The molecule has 2 aromatic rings. The average Bonchev–Trinajstić information content (AvgIpc) is 2.66. The molecule has 6 heteroatoms. The summed E-state index contributed by atoms with van der Waals surface area (Å²) in [7, 11) is 0. The highest BCUT2D eigenvalue weighted by Gasteiger charge is 2.04. The van der Waals surface area contributed by atoms with Crippen molar-refractivity contribution in [1.29, 1.82) is 0 Å². The zero-order valence-electron chi connectivity index (χ0n) is 8.59. The van der Waals surface area contributed by atoms with Crippen LogP contribution in [0, 0.1) is 0 Å². The lowest BCUT2D eigenvalue weighted by molar-refractivity contribution is -0.136. The SMILES string of the molecule is O=C(O)Cc1ccc(Sc2nc(Br)cs2)cc1. The van der Waals surface area contributed by atoms with Gasteiger partial charge in [0.05, 0.1) is 6.42 Å². The second-order valence-corrected chi connectivity index (χ2v) is 6.24. The molecule has 0 atom stereocenters. The van der Waals surface area contributed by atoms with Gasteiger partial charge in [0.25, 0.3) is 0 Å². The highest BCUT2D eigenvalue weighted by Crippen LogP contribution is 2.31. The van der Waals surface area contributed by atoms with E-state index in [2.05, 4.69) is 20.9 Å². The van der Waals surface area contributed by atoms with Gasteiger partial charge in [0.1, 0.15) is 4.60 Å². The van der Waals surface area contributed by atoms with Gasteiger partial charge in [0, 0.05) is 10.3 Å². The Morgan fingerprint density at radius 2 is 2.12 bits per heavy atom. The second-order valence-electron chi connectivity index (χ2n) is 3.25. The molecule has 0 fully saturated rings. The molecule has 0 bridgehead atoms. The second kappa shape index (κ2) is 5.66. The molecule has 0 unspecified atom stereocenters. The number of carbonyl (C=O) groups is 1. The van der Waals surface area contributed by atoms with Crippen LogP contribution in [0.15, 0.2) is 43.5 Å². The van der Waals surface area contributed by atoms with Crippen molar-refractivity contribution >= 4 is 45.0 Å². The number of aliphatic carboxylic acids is 1. The van der Waals surface area contributed by atoms with Crippen molar-refractivity contribution in [2.75, 3.05) is 0 Å². The topological polar surface area (TPSA) is 50.2 Å². The van der Waals surface area contributed by atoms with E-state index in [9.17, 15) is 4.79 Å². The van der Waals surface area contributed by atoms with Crippen LogP contribution in [0.4, 0.5) is 0 Å². The predicted octanol–water partition coefficient (Wildman–Crippen LogP) is 3.68. The first kappa shape index (κ1) is 12.6. The molecule has 1 aromatic heterocycles. The fraction of sp³-hybridized carbons (Fsp3) is 0.0909. The smallest absolute Gasteiger partial charge is 0.307 e. The van der Waals surface area contributed by atoms with Crippen molar-refractivity contribution < 1.29 is 9.90 Å². The van der Waals surface area contributed by atoms with Crippen molar-refractivity contribution in [3.05, 3.63) is 39.8 Å². The molecule has 1 heterocycles. The van der Waals surface area contributed by atoms with Gasteiger partial charge in [-0.25, -0.2) is 4.98 Å². The fourth-order valence-electron chi connectivity index (χ4n) is 1.24. The summed E-state index contributed by atoms with van der Waals surface area (Å²) >= 11 is 6.44. The predicted molar refractivity (Wildman–Crippen MR) is 71.7 cm³/mol. The molecule has 0 aliphatic heterocycles. The lowest BCUT2D eigenvalue weighted by Crippen LogP contribution is -1.99. The highest BCUT2D eigenvalue weighted by molar-refractivity contribution is 9.10. The summed E-state index contributed by atoms with van der Waals surface area (Å²) in [6.45, 7) is 0. The normalized spacial score (nSPS) is 10.4. The zero-order valence-corrected chi connectivity index (χ0v) is 11.8. The number of carboxylic acid groups (broad SMARTS) is 1. The van der Waals surface area contributed by atoms with Crippen molar-refractivity contribution in [2.24, 2.45) is 0 Å². The van der Waals surface area contributed by atoms with Crippen LogP contribution >= 0.6 is 39.0 Å². The van der Waals surface area contributed by atoms with Crippen LogP contribution in [0.25, 0.3) is 0 Å². The number of hydrogen-bond acceptors (Lipinski definition) is 4. The maximum absolute atomic E-state index is 10.5. The minimum atomic E-state index is -0.811. The first-order valence-electron chi connectivity index (χ1n) is 4.73. The Labute approximate surface area is 115 Å². The average molecular weight is 330 g/mol. The van der Waals surface area contributed by atoms with Gasteiger partial charge in [-0.05, 0) is 33.6 Å². The van der Waals surface area contributed by atoms with Gasteiger partial charge >= 0.3 is 5.97 Å². The van der Waals surface area contributed by atoms with E-state index < -0.39 is 5.97 Å². The molecular weight excluding hydrogens is 322 g/mol. The summed E-state index contributed by atoms with van der Waals surface area (Å²) in [4.78, 5) is 15.9. The molecule has 1 aromatic carbocycles. The molecule has 0 aliphatic carbocycles. The third-order valence-corrected chi connectivity index (χ3v) is 4.59. The van der Waals surface area contributed by atoms with Crippen molar-refractivity contribution in [2.45, 2.75) is 15.7 Å². The molecule has 0 saturated heterocycles. The third kappa shape index (κ3) is 3.83. The summed E-state index contributed by atoms with van der Waals surface area (Å²) in [5, 5.41) is 10.6. The number of benzene rings is 1. The molecule has 3 nitrogen and oxygen atoms in total. The van der Waals surface area contributed by atoms with E-state index in [1.54, 1.807) is 23.1 Å². The molecule has 2 rings (SSSR count). The minimum absolute atomic E-state index is 0.0632. The Morgan fingerprint density at radius 1 is 1.41 bits per heavy atom. The summed E-state index contributed by atoms with van der Waals surface area (Å²) in [6, 6.07) is 7.49. The number of nitrogens with zero attached hydrogens (tertiary/aromatic N) is 1. The van der Waals surface area contributed by atoms with Gasteiger partial charge in [0.15, 0.2) is 4.34 Å². The first-order chi connectivity index (χ1) is 8.13. The Hall–Kier alpha value is -0.850. The van der Waals surface area contributed by atoms with E-state index in [-0.39, 0.29) is 6.42 Å². The largest absolute Gasteiger partial charge is 0.481 e. The van der Waals surface area contributed by atoms with E-state index in [1.165, 1.54) is 0 Å². The number of halogens is 1. The molecule has 0 aliphatic rings. The zero-order chi connectivity index (χ0) is 12.3. The van der Waals surface area contributed by atoms with Gasteiger partial charge in [-0.15, -0.1) is 11.3 Å². The Morgan fingerprint density at radius 3 is 2.65 bits per heavy atom. The summed E-state index contributed by atoms with van der Waals surface area (Å²) in [6.07, 6.45) is 0.0632. The van der Waals surface area contributed by atoms with E-state index in [1.807, 2.05) is 29.6 Å². The summed E-state index contributed by atoms with van der Waals surface area (Å²) in [5.41, 5.74) is 0.808. The first-order valence-corrected chi connectivity index (χ1v) is 7.22. The van der Waals surface area contributed by atoms with Crippen LogP contribution in [-0.2, 0) is 11.2 Å². The number of aromatic nitrogens is 1. The van der Waals surface area contributed by atoms with E-state index in [0.29, 0.717) is 0 Å². The summed E-state index contributed by atoms with van der Waals surface area (Å²) in [5.74, 6) is -0.811. The van der Waals surface area contributed by atoms with Crippen LogP contribution in [0.5, 0.6) is 0 Å². The van der Waals surface area contributed by atoms with Gasteiger partial charge in [-0.2, -0.15) is 0 Å². The molecular formula is C11H8BrNO2S2. The van der Waals surface area contributed by atoms with Gasteiger partial charge in [-0.3, -0.25) is 4.79 Å². The van der Waals surface area contributed by atoms with E-state index in [4.69, 9.17) is 5.11 Å². The minimum Gasteiger partial charge on any atom is -0.481 e. The van der Waals surface area contributed by atoms with Gasteiger partial charge in [0.2, 0.25) is 0 Å². The standard InChI is InChI=1S/C11H8BrNO2S2/c12-9-6-16-11(13-9)17-8-3-1-7(2-4-8)5-10(14)15/h1-4,6H,5H2,(H,14,15). The van der Waals surface area contributed by atoms with Crippen molar-refractivity contribution in [3.8, 4) is 0 Å². The quantitative estimate of drug-likeness (QED) is 0.929. The van der Waals surface area contributed by atoms with Crippen LogP contribution in [0.2, 0.25) is 0 Å². The molecule has 1 N–H and O–H groups in total. The van der Waals surface area contributed by atoms with Gasteiger partial charge in [-0.1, -0.05) is 23.9 Å². The Kier molecular flexibility index (Phi) is 4.20. The molecule has 88 valence electrons. The van der Waals surface area contributed by atoms with Crippen LogP contribution < -0.4 is 0 Å². The van der Waals surface area contributed by atoms with E-state index in [0.717, 1.165) is 19.4 Å². The lowest BCUT2D eigenvalue weighted by atomic mass is 10.2. The molecule has 0 spiro atoms. The van der Waals surface area contributed by atoms with Crippen LogP contribution in [-0.4, -0.2) is 16.1 Å². The van der Waals surface area contributed by atoms with Crippen molar-refractivity contribution in [1.82, 2.24) is 4.98 Å². The third-order valence-electron chi connectivity index (χ3n) is 1.94. The lowest BCUT2D eigenvalue weighted by Gasteiger charge is -2.00. The number of rotatable bonds is 4. The van der Waals surface area contributed by atoms with Crippen molar-refractivity contribution in [3.63, 3.8) is 0 Å². The van der Waals surface area contributed by atoms with E-state index >= 15 is 0 Å². The maximum Gasteiger partial charge on any atom is 0.307 e. The Balaban J connectivity index is 2.05. The van der Waals surface area contributed by atoms with Crippen LogP contribution in [0.3, 0.4) is 0 Å². The number of carboxylic acids is 1. The summed E-state index contributed by atoms with van der Waals surface area (Å²) < 4.78 is 1.80. The highest BCUT2D eigenvalue weighted by atomic mass is 79.9. The molecule has 0 saturated carbocycles. The Bertz CT molecular complexity index is 525. The number of hydrogen-bond donors (Lipinski definition) is 1. The molecule has 17 heavy (non-hydrogen) atoms. The molecule has 0 radical (unpaired) electrons.